The fourth-order valence-electron chi connectivity index (χ4n) is 3.61. The molecule has 1 aromatic carbocycles. The molecule has 0 saturated carbocycles. The Labute approximate surface area is 164 Å². The van der Waals surface area contributed by atoms with Crippen molar-refractivity contribution in [2.75, 3.05) is 11.9 Å². The summed E-state index contributed by atoms with van der Waals surface area (Å²) < 4.78 is 0. The van der Waals surface area contributed by atoms with Crippen molar-refractivity contribution in [3.63, 3.8) is 0 Å². The summed E-state index contributed by atoms with van der Waals surface area (Å²) in [6.07, 6.45) is 22.1. The number of unbranched alkanes of at least 4 members (excludes halogenated alkanes) is 13. The van der Waals surface area contributed by atoms with Gasteiger partial charge in [-0.15, -0.1) is 0 Å². The van der Waals surface area contributed by atoms with Crippen LogP contribution in [0.3, 0.4) is 0 Å². The van der Waals surface area contributed by atoms with Crippen LogP contribution in [0.2, 0.25) is 0 Å². The van der Waals surface area contributed by atoms with Crippen LogP contribution < -0.4 is 5.32 Å². The lowest BCUT2D eigenvalue weighted by Crippen LogP contribution is -2.01. The van der Waals surface area contributed by atoms with Gasteiger partial charge in [-0.2, -0.15) is 0 Å². The van der Waals surface area contributed by atoms with Crippen LogP contribution in [0.15, 0.2) is 24.3 Å². The van der Waals surface area contributed by atoms with E-state index in [0.29, 0.717) is 0 Å². The topological polar surface area (TPSA) is 12.0 Å². The molecule has 0 aromatic heterocycles. The number of aryl methyl sites for hydroxylation is 1. The average molecular weight is 360 g/mol. The van der Waals surface area contributed by atoms with Crippen LogP contribution in [0, 0.1) is 0 Å². The van der Waals surface area contributed by atoms with Crippen LogP contribution in [0.5, 0.6) is 0 Å². The van der Waals surface area contributed by atoms with Gasteiger partial charge in [0.25, 0.3) is 0 Å². The van der Waals surface area contributed by atoms with E-state index in [-0.39, 0.29) is 0 Å². The van der Waals surface area contributed by atoms with E-state index in [4.69, 9.17) is 0 Å². The predicted molar refractivity (Wildman–Crippen MR) is 119 cm³/mol. The van der Waals surface area contributed by atoms with Crippen molar-refractivity contribution >= 4 is 5.69 Å². The molecule has 0 radical (unpaired) electrons. The summed E-state index contributed by atoms with van der Waals surface area (Å²) in [6, 6.07) is 9.09. The zero-order valence-electron chi connectivity index (χ0n) is 17.8. The molecule has 0 aliphatic heterocycles. The highest BCUT2D eigenvalue weighted by atomic mass is 14.9. The Hall–Kier alpha value is -0.980. The van der Waals surface area contributed by atoms with Gasteiger partial charge in [0.1, 0.15) is 0 Å². The summed E-state index contributed by atoms with van der Waals surface area (Å²) in [7, 11) is 0. The van der Waals surface area contributed by atoms with Crippen molar-refractivity contribution in [3.05, 3.63) is 29.8 Å². The molecule has 0 bridgehead atoms. The fraction of sp³-hybridized carbons (Fsp3) is 0.760. The largest absolute Gasteiger partial charge is 0.385 e. The van der Waals surface area contributed by atoms with Crippen LogP contribution >= 0.6 is 0 Å². The van der Waals surface area contributed by atoms with Crippen LogP contribution in [0.4, 0.5) is 5.69 Å². The van der Waals surface area contributed by atoms with Gasteiger partial charge in [-0.3, -0.25) is 0 Å². The minimum absolute atomic E-state index is 1.12. The van der Waals surface area contributed by atoms with Gasteiger partial charge in [-0.25, -0.2) is 0 Å². The number of hydrogen-bond donors (Lipinski definition) is 1. The second kappa shape index (κ2) is 17.4. The Morgan fingerprint density at radius 3 is 1.77 bits per heavy atom. The molecule has 1 heteroatoms. The first-order valence-electron chi connectivity index (χ1n) is 11.7. The van der Waals surface area contributed by atoms with Crippen molar-refractivity contribution in [1.29, 1.82) is 0 Å². The maximum atomic E-state index is 3.62. The van der Waals surface area contributed by atoms with E-state index in [0.717, 1.165) is 6.54 Å². The normalized spacial score (nSPS) is 11.0. The Kier molecular flexibility index (Phi) is 15.5. The first kappa shape index (κ1) is 23.1. The molecule has 26 heavy (non-hydrogen) atoms. The van der Waals surface area contributed by atoms with Crippen molar-refractivity contribution < 1.29 is 0 Å². The number of nitrogens with one attached hydrogen (secondary N) is 1. The molecule has 0 aliphatic rings. The molecule has 0 aliphatic carbocycles. The van der Waals surface area contributed by atoms with Gasteiger partial charge in [0.05, 0.1) is 0 Å². The third kappa shape index (κ3) is 13.3. The van der Waals surface area contributed by atoms with Crippen molar-refractivity contribution in [1.82, 2.24) is 0 Å². The second-order valence-corrected chi connectivity index (χ2v) is 7.97. The highest BCUT2D eigenvalue weighted by molar-refractivity contribution is 5.45. The molecule has 1 N–H and O–H groups in total. The first-order valence-corrected chi connectivity index (χ1v) is 11.7. The van der Waals surface area contributed by atoms with Gasteiger partial charge in [-0.05, 0) is 37.0 Å². The summed E-state index contributed by atoms with van der Waals surface area (Å²) in [5.41, 5.74) is 2.81. The zero-order chi connectivity index (χ0) is 18.7. The molecule has 0 unspecified atom stereocenters. The van der Waals surface area contributed by atoms with Crippen molar-refractivity contribution in [2.45, 2.75) is 117 Å². The van der Waals surface area contributed by atoms with E-state index in [2.05, 4.69) is 43.4 Å². The lowest BCUT2D eigenvalue weighted by Gasteiger charge is -2.09. The fourth-order valence-corrected chi connectivity index (χ4v) is 3.61. The summed E-state index contributed by atoms with van der Waals surface area (Å²) in [5.74, 6) is 0. The maximum Gasteiger partial charge on any atom is 0.0342 e. The van der Waals surface area contributed by atoms with Gasteiger partial charge < -0.3 is 5.32 Å². The summed E-state index contributed by atoms with van der Waals surface area (Å²) in [6.45, 7) is 5.70. The van der Waals surface area contributed by atoms with E-state index < -0.39 is 0 Å². The SMILES string of the molecule is CCCCCCCCCCNc1cccc(CCCCCCCCC)c1. The van der Waals surface area contributed by atoms with Gasteiger partial charge >= 0.3 is 0 Å². The molecule has 0 heterocycles. The molecule has 0 amide bonds. The monoisotopic (exact) mass is 359 g/mol. The van der Waals surface area contributed by atoms with Crippen LogP contribution in [0.25, 0.3) is 0 Å². The van der Waals surface area contributed by atoms with Gasteiger partial charge in [0, 0.05) is 12.2 Å². The lowest BCUT2D eigenvalue weighted by molar-refractivity contribution is 0.581. The minimum atomic E-state index is 1.12. The van der Waals surface area contributed by atoms with E-state index in [1.807, 2.05) is 0 Å². The molecule has 0 fully saturated rings. The van der Waals surface area contributed by atoms with E-state index in [9.17, 15) is 0 Å². The molecule has 0 atom stereocenters. The highest BCUT2D eigenvalue weighted by Gasteiger charge is 1.98. The molecule has 1 rings (SSSR count). The molecular formula is C25H45N. The molecule has 150 valence electrons. The Morgan fingerprint density at radius 1 is 0.615 bits per heavy atom. The number of anilines is 1. The van der Waals surface area contributed by atoms with Crippen LogP contribution in [-0.4, -0.2) is 6.54 Å². The summed E-state index contributed by atoms with van der Waals surface area (Å²) in [4.78, 5) is 0. The van der Waals surface area contributed by atoms with Gasteiger partial charge in [0.2, 0.25) is 0 Å². The van der Waals surface area contributed by atoms with Crippen molar-refractivity contribution in [2.24, 2.45) is 0 Å². The standard InChI is InChI=1S/C25H45N/c1-3-5-7-9-11-13-15-17-22-26-25-21-18-20-24(23-25)19-16-14-12-10-8-6-4-2/h18,20-21,23,26H,3-17,19,22H2,1-2H3. The van der Waals surface area contributed by atoms with Gasteiger partial charge in [0.15, 0.2) is 0 Å². The Bertz CT molecular complexity index is 412. The van der Waals surface area contributed by atoms with E-state index in [1.165, 1.54) is 114 Å². The lowest BCUT2D eigenvalue weighted by atomic mass is 10.0. The summed E-state index contributed by atoms with van der Waals surface area (Å²) >= 11 is 0. The Balaban J connectivity index is 2.03. The quantitative estimate of drug-likeness (QED) is 0.259. The van der Waals surface area contributed by atoms with E-state index >= 15 is 0 Å². The van der Waals surface area contributed by atoms with E-state index in [1.54, 1.807) is 0 Å². The third-order valence-electron chi connectivity index (χ3n) is 5.36. The summed E-state index contributed by atoms with van der Waals surface area (Å²) in [5, 5.41) is 3.62. The number of rotatable bonds is 18. The minimum Gasteiger partial charge on any atom is -0.385 e. The highest BCUT2D eigenvalue weighted by Crippen LogP contribution is 2.15. The molecular weight excluding hydrogens is 314 g/mol. The smallest absolute Gasteiger partial charge is 0.0342 e. The van der Waals surface area contributed by atoms with Gasteiger partial charge in [-0.1, -0.05) is 109 Å². The molecule has 1 nitrogen and oxygen atoms in total. The number of benzene rings is 1. The second-order valence-electron chi connectivity index (χ2n) is 7.97. The molecule has 1 aromatic rings. The first-order chi connectivity index (χ1) is 12.9. The maximum absolute atomic E-state index is 3.62. The molecule has 0 spiro atoms. The molecule has 0 saturated heterocycles. The predicted octanol–water partition coefficient (Wildman–Crippen LogP) is 8.53. The van der Waals surface area contributed by atoms with Crippen LogP contribution in [-0.2, 0) is 6.42 Å². The van der Waals surface area contributed by atoms with Crippen LogP contribution in [0.1, 0.15) is 116 Å². The Morgan fingerprint density at radius 2 is 1.15 bits per heavy atom. The zero-order valence-corrected chi connectivity index (χ0v) is 17.8. The average Bonchev–Trinajstić information content (AvgIpc) is 2.66. The van der Waals surface area contributed by atoms with Crippen molar-refractivity contribution in [3.8, 4) is 0 Å². The number of hydrogen-bond acceptors (Lipinski definition) is 1. The third-order valence-corrected chi connectivity index (χ3v) is 5.36.